The Kier molecular flexibility index (Phi) is 8.07. The van der Waals surface area contributed by atoms with Crippen LogP contribution in [-0.2, 0) is 10.0 Å². The number of halogens is 3. The molecule has 1 fully saturated rings. The third-order valence-electron chi connectivity index (χ3n) is 6.77. The lowest BCUT2D eigenvalue weighted by molar-refractivity contribution is -0.129. The van der Waals surface area contributed by atoms with Gasteiger partial charge in [-0.25, -0.2) is 28.4 Å². The Morgan fingerprint density at radius 3 is 2.39 bits per heavy atom. The average Bonchev–Trinajstić information content (AvgIpc) is 2.83. The number of rotatable bonds is 8. The van der Waals surface area contributed by atoms with Crippen LogP contribution in [-0.4, -0.2) is 71.4 Å². The van der Waals surface area contributed by atoms with Gasteiger partial charge in [0.2, 0.25) is 16.0 Å². The summed E-state index contributed by atoms with van der Waals surface area (Å²) in [5.41, 5.74) is 3.97. The first-order chi connectivity index (χ1) is 17.8. The van der Waals surface area contributed by atoms with E-state index in [0.717, 1.165) is 36.8 Å². The number of hydrogen-bond donors (Lipinski definition) is 2. The molecule has 9 nitrogen and oxygen atoms in total. The van der Waals surface area contributed by atoms with Crippen LogP contribution >= 0.6 is 0 Å². The van der Waals surface area contributed by atoms with Gasteiger partial charge in [0.25, 0.3) is 0 Å². The van der Waals surface area contributed by atoms with Crippen molar-refractivity contribution in [3.05, 3.63) is 35.7 Å². The first kappa shape index (κ1) is 28.0. The van der Waals surface area contributed by atoms with Gasteiger partial charge in [0.05, 0.1) is 29.6 Å². The minimum atomic E-state index is -4.56. The summed E-state index contributed by atoms with van der Waals surface area (Å²) in [6.45, 7) is 3.61. The first-order valence-electron chi connectivity index (χ1n) is 12.4. The molecule has 1 aliphatic carbocycles. The van der Waals surface area contributed by atoms with Crippen molar-refractivity contribution in [3.8, 4) is 11.3 Å². The molecule has 3 aromatic heterocycles. The Morgan fingerprint density at radius 2 is 1.76 bits per heavy atom. The molecule has 0 amide bonds. The van der Waals surface area contributed by atoms with E-state index in [1.54, 1.807) is 19.2 Å². The van der Waals surface area contributed by atoms with Gasteiger partial charge in [-0.3, -0.25) is 4.72 Å². The van der Waals surface area contributed by atoms with Crippen LogP contribution in [0.5, 0.6) is 0 Å². The second-order valence-electron chi connectivity index (χ2n) is 9.98. The number of sulfonamides is 1. The number of alkyl halides is 3. The van der Waals surface area contributed by atoms with Crippen LogP contribution < -0.4 is 10.0 Å². The first-order valence-corrected chi connectivity index (χ1v) is 14.1. The van der Waals surface area contributed by atoms with E-state index >= 15 is 0 Å². The molecule has 0 aliphatic heterocycles. The molecule has 0 bridgehead atoms. The number of aromatic nitrogens is 4. The average molecular weight is 552 g/mol. The predicted octanol–water partition coefficient (Wildman–Crippen LogP) is 4.68. The molecule has 13 heteroatoms. The van der Waals surface area contributed by atoms with Gasteiger partial charge in [0.1, 0.15) is 11.3 Å². The minimum absolute atomic E-state index is 0.0513. The van der Waals surface area contributed by atoms with Gasteiger partial charge in [0, 0.05) is 23.3 Å². The molecule has 1 saturated carbocycles. The number of pyridine rings is 2. The second-order valence-corrected chi connectivity index (χ2v) is 11.8. The third kappa shape index (κ3) is 7.07. The number of hydrogen-bond acceptors (Lipinski definition) is 8. The third-order valence-corrected chi connectivity index (χ3v) is 8.04. The Bertz CT molecular complexity index is 1410. The van der Waals surface area contributed by atoms with Gasteiger partial charge in [-0.05, 0) is 77.4 Å². The van der Waals surface area contributed by atoms with Crippen LogP contribution in [0.1, 0.15) is 43.4 Å². The van der Waals surface area contributed by atoms with E-state index in [-0.39, 0.29) is 5.82 Å². The van der Waals surface area contributed by atoms with Crippen LogP contribution in [0.2, 0.25) is 0 Å². The smallest absolute Gasteiger partial charge is 0.351 e. The number of aryl methyl sites for hydroxylation is 2. The van der Waals surface area contributed by atoms with E-state index < -0.39 is 28.4 Å². The number of nitrogens with zero attached hydrogens (tertiary/aromatic N) is 5. The normalized spacial score (nSPS) is 18.6. The van der Waals surface area contributed by atoms with Crippen molar-refractivity contribution in [1.82, 2.24) is 24.8 Å². The van der Waals surface area contributed by atoms with Gasteiger partial charge in [0.15, 0.2) is 0 Å². The minimum Gasteiger partial charge on any atom is -0.351 e. The summed E-state index contributed by atoms with van der Waals surface area (Å²) < 4.78 is 63.4. The Labute approximate surface area is 220 Å². The molecule has 0 radical (unpaired) electrons. The van der Waals surface area contributed by atoms with Crippen molar-refractivity contribution >= 4 is 32.8 Å². The lowest BCUT2D eigenvalue weighted by atomic mass is 9.91. The van der Waals surface area contributed by atoms with Gasteiger partial charge >= 0.3 is 6.18 Å². The molecule has 0 saturated heterocycles. The van der Waals surface area contributed by atoms with Crippen LogP contribution in [0.3, 0.4) is 0 Å². The molecule has 206 valence electrons. The topological polar surface area (TPSA) is 113 Å². The van der Waals surface area contributed by atoms with E-state index in [9.17, 15) is 21.6 Å². The summed E-state index contributed by atoms with van der Waals surface area (Å²) in [4.78, 5) is 20.4. The van der Waals surface area contributed by atoms with E-state index in [4.69, 9.17) is 4.98 Å². The Hall–Kier alpha value is -3.06. The van der Waals surface area contributed by atoms with Gasteiger partial charge in [-0.15, -0.1) is 0 Å². The van der Waals surface area contributed by atoms with Crippen molar-refractivity contribution in [2.24, 2.45) is 0 Å². The molecule has 1 aliphatic rings. The van der Waals surface area contributed by atoms with E-state index in [0.29, 0.717) is 40.5 Å². The molecule has 38 heavy (non-hydrogen) atoms. The summed E-state index contributed by atoms with van der Waals surface area (Å²) in [6.07, 6.45) is 0.0533. The molecule has 0 atom stereocenters. The number of fused-ring (bicyclic) bond motifs is 1. The fourth-order valence-corrected chi connectivity index (χ4v) is 5.69. The van der Waals surface area contributed by atoms with Crippen LogP contribution in [0.15, 0.2) is 24.4 Å². The van der Waals surface area contributed by atoms with Crippen LogP contribution in [0, 0.1) is 13.8 Å². The maximum Gasteiger partial charge on any atom is 0.390 e. The molecular formula is C25H32F3N7O2S. The molecule has 0 unspecified atom stereocenters. The zero-order valence-electron chi connectivity index (χ0n) is 21.8. The van der Waals surface area contributed by atoms with Gasteiger partial charge in [-0.2, -0.15) is 13.2 Å². The summed E-state index contributed by atoms with van der Waals surface area (Å²) in [7, 11) is 0.0402. The maximum atomic E-state index is 12.4. The monoisotopic (exact) mass is 551 g/mol. The largest absolute Gasteiger partial charge is 0.390 e. The highest BCUT2D eigenvalue weighted by atomic mass is 32.2. The SMILES string of the molecule is Cc1nc(NS(=O)(=O)CCC(F)(F)F)ccc1-c1cc(C)c2nc(N[C@H]3CC[C@H](N(C)C)CC3)ncc2n1. The fourth-order valence-electron chi connectivity index (χ4n) is 4.66. The zero-order chi connectivity index (χ0) is 27.7. The van der Waals surface area contributed by atoms with Gasteiger partial charge < -0.3 is 10.2 Å². The Morgan fingerprint density at radius 1 is 1.05 bits per heavy atom. The van der Waals surface area contributed by atoms with E-state index in [1.807, 2.05) is 13.0 Å². The molecular weight excluding hydrogens is 519 g/mol. The van der Waals surface area contributed by atoms with E-state index in [2.05, 4.69) is 44.0 Å². The van der Waals surface area contributed by atoms with Crippen molar-refractivity contribution in [2.75, 3.05) is 29.9 Å². The standard InChI is InChI=1S/C25H32F3N7O2S/c1-15-13-20(19-9-10-22(30-16(19)2)34-38(36,37)12-11-25(26,27)28)32-21-14-29-24(33-23(15)21)31-17-5-7-18(8-6-17)35(3)4/h9-10,13-14,17-18H,5-8,11-12H2,1-4H3,(H,30,34)(H,29,31,33)/t17-,18-. The van der Waals surface area contributed by atoms with E-state index in [1.165, 1.54) is 6.07 Å². The molecule has 2 N–H and O–H groups in total. The summed E-state index contributed by atoms with van der Waals surface area (Å²) >= 11 is 0. The zero-order valence-corrected chi connectivity index (χ0v) is 22.6. The maximum absolute atomic E-state index is 12.4. The Balaban J connectivity index is 1.49. The summed E-state index contributed by atoms with van der Waals surface area (Å²) in [5, 5.41) is 3.46. The lowest BCUT2D eigenvalue weighted by Gasteiger charge is -2.32. The number of nitrogens with one attached hydrogen (secondary N) is 2. The van der Waals surface area contributed by atoms with Crippen molar-refractivity contribution in [1.29, 1.82) is 0 Å². The highest BCUT2D eigenvalue weighted by molar-refractivity contribution is 7.92. The van der Waals surface area contributed by atoms with Crippen LogP contribution in [0.25, 0.3) is 22.3 Å². The molecule has 3 heterocycles. The van der Waals surface area contributed by atoms with Crippen molar-refractivity contribution in [3.63, 3.8) is 0 Å². The highest BCUT2D eigenvalue weighted by Gasteiger charge is 2.30. The second kappa shape index (κ2) is 11.0. The molecule has 0 spiro atoms. The van der Waals surface area contributed by atoms with Crippen molar-refractivity contribution in [2.45, 2.75) is 64.2 Å². The molecule has 3 aromatic rings. The lowest BCUT2D eigenvalue weighted by Crippen LogP contribution is -2.36. The van der Waals surface area contributed by atoms with Crippen LogP contribution in [0.4, 0.5) is 24.9 Å². The quantitative estimate of drug-likeness (QED) is 0.415. The van der Waals surface area contributed by atoms with Crippen molar-refractivity contribution < 1.29 is 21.6 Å². The predicted molar refractivity (Wildman–Crippen MR) is 141 cm³/mol. The molecule has 0 aromatic carbocycles. The number of anilines is 2. The molecule has 4 rings (SSSR count). The van der Waals surface area contributed by atoms with Gasteiger partial charge in [-0.1, -0.05) is 0 Å². The highest BCUT2D eigenvalue weighted by Crippen LogP contribution is 2.28. The fraction of sp³-hybridized carbons (Fsp3) is 0.520. The summed E-state index contributed by atoms with van der Waals surface area (Å²) in [5.74, 6) is -0.549. The summed E-state index contributed by atoms with van der Waals surface area (Å²) in [6, 6.07) is 5.85.